The number of nitrogens with one attached hydrogen (secondary N) is 1. The van der Waals surface area contributed by atoms with Crippen LogP contribution in [0.2, 0.25) is 0 Å². The van der Waals surface area contributed by atoms with Crippen LogP contribution < -0.4 is 5.32 Å². The quantitative estimate of drug-likeness (QED) is 0.508. The molecule has 16 heavy (non-hydrogen) atoms. The van der Waals surface area contributed by atoms with Gasteiger partial charge in [-0.25, -0.2) is 0 Å². The van der Waals surface area contributed by atoms with Gasteiger partial charge in [-0.3, -0.25) is 0 Å². The van der Waals surface area contributed by atoms with Crippen LogP contribution in [-0.4, -0.2) is 13.1 Å². The Kier molecular flexibility index (Phi) is 11.4. The molecular weight excluding hydrogens is 194 g/mol. The molecule has 0 amide bonds. The van der Waals surface area contributed by atoms with Crippen LogP contribution >= 0.6 is 0 Å². The summed E-state index contributed by atoms with van der Waals surface area (Å²) in [6.45, 7) is 11.7. The van der Waals surface area contributed by atoms with Gasteiger partial charge in [-0.05, 0) is 37.8 Å². The van der Waals surface area contributed by atoms with E-state index in [9.17, 15) is 0 Å². The standard InChI is InChI=1S/C15H33N/c1-5-8-15(7-3)10-9-14(4)11-13-16-12-6-2/h14-16H,5-13H2,1-4H3. The lowest BCUT2D eigenvalue weighted by Crippen LogP contribution is -2.18. The van der Waals surface area contributed by atoms with Crippen LogP contribution in [0.5, 0.6) is 0 Å². The van der Waals surface area contributed by atoms with Gasteiger partial charge in [0.05, 0.1) is 0 Å². The molecule has 0 saturated carbocycles. The smallest absolute Gasteiger partial charge is 0.00464 e. The van der Waals surface area contributed by atoms with Crippen LogP contribution in [0.4, 0.5) is 0 Å². The summed E-state index contributed by atoms with van der Waals surface area (Å²) < 4.78 is 0. The molecular formula is C15H33N. The summed E-state index contributed by atoms with van der Waals surface area (Å²) >= 11 is 0. The molecule has 0 aliphatic carbocycles. The van der Waals surface area contributed by atoms with E-state index >= 15 is 0 Å². The van der Waals surface area contributed by atoms with E-state index in [1.165, 1.54) is 58.0 Å². The molecule has 0 aromatic rings. The molecule has 1 N–H and O–H groups in total. The average Bonchev–Trinajstić information content (AvgIpc) is 2.30. The van der Waals surface area contributed by atoms with Crippen LogP contribution in [0, 0.1) is 11.8 Å². The first kappa shape index (κ1) is 16.0. The first-order chi connectivity index (χ1) is 7.74. The monoisotopic (exact) mass is 227 g/mol. The fourth-order valence-corrected chi connectivity index (χ4v) is 2.28. The van der Waals surface area contributed by atoms with Crippen molar-refractivity contribution in [2.24, 2.45) is 11.8 Å². The maximum atomic E-state index is 3.49. The maximum Gasteiger partial charge on any atom is -0.00464 e. The highest BCUT2D eigenvalue weighted by Crippen LogP contribution is 2.21. The highest BCUT2D eigenvalue weighted by Gasteiger charge is 2.08. The van der Waals surface area contributed by atoms with E-state index in [-0.39, 0.29) is 0 Å². The molecule has 0 fully saturated rings. The minimum Gasteiger partial charge on any atom is -0.317 e. The van der Waals surface area contributed by atoms with Crippen molar-refractivity contribution in [3.63, 3.8) is 0 Å². The van der Waals surface area contributed by atoms with Crippen molar-refractivity contribution in [3.8, 4) is 0 Å². The van der Waals surface area contributed by atoms with E-state index in [0.29, 0.717) is 0 Å². The van der Waals surface area contributed by atoms with Crippen molar-refractivity contribution >= 4 is 0 Å². The normalized spacial score (nSPS) is 15.0. The summed E-state index contributed by atoms with van der Waals surface area (Å²) in [4.78, 5) is 0. The largest absolute Gasteiger partial charge is 0.317 e. The van der Waals surface area contributed by atoms with Crippen molar-refractivity contribution in [2.75, 3.05) is 13.1 Å². The second-order valence-electron chi connectivity index (χ2n) is 5.28. The van der Waals surface area contributed by atoms with E-state index in [0.717, 1.165) is 11.8 Å². The third-order valence-corrected chi connectivity index (χ3v) is 3.58. The Morgan fingerprint density at radius 3 is 2.12 bits per heavy atom. The Morgan fingerprint density at radius 2 is 1.56 bits per heavy atom. The molecule has 2 atom stereocenters. The summed E-state index contributed by atoms with van der Waals surface area (Å²) in [5, 5.41) is 3.49. The zero-order valence-corrected chi connectivity index (χ0v) is 12.0. The van der Waals surface area contributed by atoms with Gasteiger partial charge >= 0.3 is 0 Å². The SMILES string of the molecule is CCCNCCC(C)CCC(CC)CCC. The number of hydrogen-bond acceptors (Lipinski definition) is 1. The Hall–Kier alpha value is -0.0400. The Labute approximate surface area is 103 Å². The Balaban J connectivity index is 3.43. The molecule has 0 aliphatic heterocycles. The van der Waals surface area contributed by atoms with Gasteiger partial charge in [0.25, 0.3) is 0 Å². The molecule has 0 heterocycles. The molecule has 1 nitrogen and oxygen atoms in total. The molecule has 0 saturated heterocycles. The van der Waals surface area contributed by atoms with Crippen molar-refractivity contribution < 1.29 is 0 Å². The maximum absolute atomic E-state index is 3.49. The lowest BCUT2D eigenvalue weighted by molar-refractivity contribution is 0.364. The van der Waals surface area contributed by atoms with Gasteiger partial charge in [-0.1, -0.05) is 59.8 Å². The molecule has 0 aromatic carbocycles. The molecule has 0 radical (unpaired) electrons. The van der Waals surface area contributed by atoms with Crippen molar-refractivity contribution in [1.82, 2.24) is 5.32 Å². The van der Waals surface area contributed by atoms with E-state index in [1.807, 2.05) is 0 Å². The molecule has 0 aromatic heterocycles. The average molecular weight is 227 g/mol. The lowest BCUT2D eigenvalue weighted by Gasteiger charge is -2.17. The minimum absolute atomic E-state index is 0.898. The molecule has 2 unspecified atom stereocenters. The van der Waals surface area contributed by atoms with Crippen LogP contribution in [-0.2, 0) is 0 Å². The molecule has 0 rings (SSSR count). The Bertz CT molecular complexity index is 133. The van der Waals surface area contributed by atoms with Gasteiger partial charge in [0.15, 0.2) is 0 Å². The zero-order chi connectivity index (χ0) is 12.2. The van der Waals surface area contributed by atoms with Crippen molar-refractivity contribution in [1.29, 1.82) is 0 Å². The molecule has 1 heteroatoms. The summed E-state index contributed by atoms with van der Waals surface area (Å²) in [6, 6.07) is 0. The van der Waals surface area contributed by atoms with Crippen LogP contribution in [0.3, 0.4) is 0 Å². The Morgan fingerprint density at radius 1 is 0.812 bits per heavy atom. The van der Waals surface area contributed by atoms with E-state index in [2.05, 4.69) is 33.0 Å². The summed E-state index contributed by atoms with van der Waals surface area (Å²) in [7, 11) is 0. The van der Waals surface area contributed by atoms with E-state index in [1.54, 1.807) is 0 Å². The van der Waals surface area contributed by atoms with Crippen LogP contribution in [0.1, 0.15) is 72.6 Å². The van der Waals surface area contributed by atoms with Gasteiger partial charge in [0.2, 0.25) is 0 Å². The first-order valence-corrected chi connectivity index (χ1v) is 7.45. The predicted molar refractivity (Wildman–Crippen MR) is 74.9 cm³/mol. The number of rotatable bonds is 11. The minimum atomic E-state index is 0.898. The summed E-state index contributed by atoms with van der Waals surface area (Å²) in [6.07, 6.45) is 9.62. The summed E-state index contributed by atoms with van der Waals surface area (Å²) in [5.74, 6) is 1.88. The molecule has 0 spiro atoms. The number of hydrogen-bond donors (Lipinski definition) is 1. The van der Waals surface area contributed by atoms with Crippen molar-refractivity contribution in [2.45, 2.75) is 72.6 Å². The van der Waals surface area contributed by atoms with Gasteiger partial charge in [0, 0.05) is 0 Å². The van der Waals surface area contributed by atoms with Crippen LogP contribution in [0.15, 0.2) is 0 Å². The molecule has 0 aliphatic rings. The van der Waals surface area contributed by atoms with E-state index < -0.39 is 0 Å². The zero-order valence-electron chi connectivity index (χ0n) is 12.0. The topological polar surface area (TPSA) is 12.0 Å². The second kappa shape index (κ2) is 11.4. The second-order valence-corrected chi connectivity index (χ2v) is 5.28. The third kappa shape index (κ3) is 9.21. The van der Waals surface area contributed by atoms with Gasteiger partial charge in [0.1, 0.15) is 0 Å². The predicted octanol–water partition coefficient (Wildman–Crippen LogP) is 4.62. The molecule has 0 bridgehead atoms. The van der Waals surface area contributed by atoms with Crippen molar-refractivity contribution in [3.05, 3.63) is 0 Å². The molecule has 98 valence electrons. The first-order valence-electron chi connectivity index (χ1n) is 7.45. The fourth-order valence-electron chi connectivity index (χ4n) is 2.28. The van der Waals surface area contributed by atoms with Gasteiger partial charge in [-0.2, -0.15) is 0 Å². The highest BCUT2D eigenvalue weighted by molar-refractivity contribution is 4.62. The lowest BCUT2D eigenvalue weighted by atomic mass is 9.90. The van der Waals surface area contributed by atoms with Crippen LogP contribution in [0.25, 0.3) is 0 Å². The summed E-state index contributed by atoms with van der Waals surface area (Å²) in [5.41, 5.74) is 0. The third-order valence-electron chi connectivity index (χ3n) is 3.58. The van der Waals surface area contributed by atoms with Gasteiger partial charge < -0.3 is 5.32 Å². The highest BCUT2D eigenvalue weighted by atomic mass is 14.8. The van der Waals surface area contributed by atoms with E-state index in [4.69, 9.17) is 0 Å². The fraction of sp³-hybridized carbons (Fsp3) is 1.00. The van der Waals surface area contributed by atoms with Gasteiger partial charge in [-0.15, -0.1) is 0 Å².